The van der Waals surface area contributed by atoms with Crippen molar-refractivity contribution >= 4 is 16.8 Å². The van der Waals surface area contributed by atoms with E-state index < -0.39 is 23.5 Å². The molecule has 5 rings (SSSR count). The molecule has 1 saturated carbocycles. The zero-order valence-corrected chi connectivity index (χ0v) is 21.0. The summed E-state index contributed by atoms with van der Waals surface area (Å²) >= 11 is 0. The van der Waals surface area contributed by atoms with Crippen LogP contribution in [0, 0.1) is 5.82 Å². The van der Waals surface area contributed by atoms with Gasteiger partial charge >= 0.3 is 6.18 Å². The molecule has 0 radical (unpaired) electrons. The van der Waals surface area contributed by atoms with Gasteiger partial charge in [-0.15, -0.1) is 0 Å². The molecule has 1 heterocycles. The standard InChI is InChI=1S/C28H32F4N4O/c1-36(2)17-10-7-15(8-11-17)34-16-9-12-23-19(13-16)25-24(18-5-3-4-6-21(18)28(30,31)32)22(29)14-20(27(33)37)26(25)35-23/h3-6,14-17,34-35H,7-13H2,1-2H3,(H2,33,37). The lowest BCUT2D eigenvalue weighted by Crippen LogP contribution is -2.45. The number of aromatic amines is 1. The van der Waals surface area contributed by atoms with Gasteiger partial charge in [0.25, 0.3) is 5.91 Å². The van der Waals surface area contributed by atoms with Crippen LogP contribution in [0.15, 0.2) is 30.3 Å². The van der Waals surface area contributed by atoms with E-state index in [9.17, 15) is 18.0 Å². The van der Waals surface area contributed by atoms with Crippen molar-refractivity contribution in [2.45, 2.75) is 69.2 Å². The number of benzene rings is 2. The molecule has 1 atom stereocenters. The van der Waals surface area contributed by atoms with E-state index in [0.29, 0.717) is 35.8 Å². The van der Waals surface area contributed by atoms with E-state index in [-0.39, 0.29) is 22.7 Å². The Bertz CT molecular complexity index is 1320. The Labute approximate surface area is 213 Å². The highest BCUT2D eigenvalue weighted by Gasteiger charge is 2.36. The average molecular weight is 517 g/mol. The third-order valence-electron chi connectivity index (χ3n) is 8.08. The lowest BCUT2D eigenvalue weighted by molar-refractivity contribution is -0.137. The van der Waals surface area contributed by atoms with E-state index in [1.807, 2.05) is 0 Å². The SMILES string of the molecule is CN(C)C1CCC(NC2CCc3[nH]c4c(C(N)=O)cc(F)c(-c5ccccc5C(F)(F)F)c4c3C2)CC1. The van der Waals surface area contributed by atoms with Gasteiger partial charge in [0.1, 0.15) is 5.82 Å². The predicted octanol–water partition coefficient (Wildman–Crippen LogP) is 5.41. The first-order valence-corrected chi connectivity index (χ1v) is 12.8. The number of primary amides is 1. The molecule has 9 heteroatoms. The number of amides is 1. The lowest BCUT2D eigenvalue weighted by atomic mass is 9.85. The number of hydrogen-bond acceptors (Lipinski definition) is 3. The number of H-pyrrole nitrogens is 1. The van der Waals surface area contributed by atoms with Crippen molar-refractivity contribution in [2.75, 3.05) is 14.1 Å². The first-order chi connectivity index (χ1) is 17.5. The van der Waals surface area contributed by atoms with Gasteiger partial charge < -0.3 is 20.9 Å². The zero-order chi connectivity index (χ0) is 26.5. The van der Waals surface area contributed by atoms with Gasteiger partial charge in [0.2, 0.25) is 0 Å². The van der Waals surface area contributed by atoms with Gasteiger partial charge in [-0.3, -0.25) is 4.79 Å². The van der Waals surface area contributed by atoms with Gasteiger partial charge in [-0.05, 0) is 82.3 Å². The summed E-state index contributed by atoms with van der Waals surface area (Å²) < 4.78 is 57.4. The molecule has 2 aliphatic carbocycles. The number of nitrogens with two attached hydrogens (primary N) is 1. The first kappa shape index (κ1) is 25.7. The van der Waals surface area contributed by atoms with Crippen LogP contribution in [0.25, 0.3) is 22.0 Å². The number of nitrogens with zero attached hydrogens (tertiary/aromatic N) is 1. The molecule has 1 aromatic heterocycles. The van der Waals surface area contributed by atoms with Gasteiger partial charge in [-0.1, -0.05) is 18.2 Å². The minimum Gasteiger partial charge on any atom is -0.366 e. The largest absolute Gasteiger partial charge is 0.417 e. The number of aryl methyl sites for hydroxylation is 1. The van der Waals surface area contributed by atoms with Crippen LogP contribution in [-0.4, -0.2) is 48.0 Å². The number of halogens is 4. The summed E-state index contributed by atoms with van der Waals surface area (Å²) in [4.78, 5) is 17.7. The molecule has 3 aromatic rings. The highest BCUT2D eigenvalue weighted by atomic mass is 19.4. The van der Waals surface area contributed by atoms with Gasteiger partial charge in [0.05, 0.1) is 16.6 Å². The van der Waals surface area contributed by atoms with Crippen molar-refractivity contribution in [3.63, 3.8) is 0 Å². The van der Waals surface area contributed by atoms with Crippen LogP contribution in [0.4, 0.5) is 17.6 Å². The predicted molar refractivity (Wildman–Crippen MR) is 136 cm³/mol. The smallest absolute Gasteiger partial charge is 0.366 e. The number of hydrogen-bond donors (Lipinski definition) is 3. The number of carbonyl (C=O) groups excluding carboxylic acids is 1. The summed E-state index contributed by atoms with van der Waals surface area (Å²) in [5, 5.41) is 4.08. The van der Waals surface area contributed by atoms with E-state index in [1.54, 1.807) is 0 Å². The van der Waals surface area contributed by atoms with Gasteiger partial charge in [-0.2, -0.15) is 13.2 Å². The van der Waals surface area contributed by atoms with E-state index in [4.69, 9.17) is 5.73 Å². The number of nitrogens with one attached hydrogen (secondary N) is 2. The second-order valence-corrected chi connectivity index (χ2v) is 10.6. The van der Waals surface area contributed by atoms with Crippen LogP contribution < -0.4 is 11.1 Å². The quantitative estimate of drug-likeness (QED) is 0.397. The highest BCUT2D eigenvalue weighted by Crippen LogP contribution is 2.44. The number of alkyl halides is 3. The average Bonchev–Trinajstić information content (AvgIpc) is 3.22. The minimum atomic E-state index is -4.66. The van der Waals surface area contributed by atoms with Crippen LogP contribution in [0.3, 0.4) is 0 Å². The minimum absolute atomic E-state index is 0.0540. The summed E-state index contributed by atoms with van der Waals surface area (Å²) in [5.41, 5.74) is 6.09. The lowest BCUT2D eigenvalue weighted by Gasteiger charge is -2.36. The van der Waals surface area contributed by atoms with Crippen molar-refractivity contribution in [2.24, 2.45) is 5.73 Å². The Morgan fingerprint density at radius 1 is 1.08 bits per heavy atom. The normalized spacial score (nSPS) is 22.4. The zero-order valence-electron chi connectivity index (χ0n) is 21.0. The fourth-order valence-corrected chi connectivity index (χ4v) is 6.21. The van der Waals surface area contributed by atoms with Crippen molar-refractivity contribution < 1.29 is 22.4 Å². The Morgan fingerprint density at radius 3 is 2.43 bits per heavy atom. The molecule has 2 aromatic carbocycles. The molecular formula is C28H32F4N4O. The van der Waals surface area contributed by atoms with Gasteiger partial charge in [-0.25, -0.2) is 4.39 Å². The van der Waals surface area contributed by atoms with Gasteiger partial charge in [0.15, 0.2) is 0 Å². The fourth-order valence-electron chi connectivity index (χ4n) is 6.21. The van der Waals surface area contributed by atoms with Crippen LogP contribution in [0.1, 0.15) is 59.3 Å². The second-order valence-electron chi connectivity index (χ2n) is 10.6. The summed E-state index contributed by atoms with van der Waals surface area (Å²) in [7, 11) is 4.21. The van der Waals surface area contributed by atoms with Crippen LogP contribution in [-0.2, 0) is 19.0 Å². The first-order valence-electron chi connectivity index (χ1n) is 12.8. The van der Waals surface area contributed by atoms with E-state index in [2.05, 4.69) is 29.3 Å². The Morgan fingerprint density at radius 2 is 1.78 bits per heavy atom. The van der Waals surface area contributed by atoms with Crippen molar-refractivity contribution in [1.29, 1.82) is 0 Å². The van der Waals surface area contributed by atoms with Crippen LogP contribution in [0.5, 0.6) is 0 Å². The maximum absolute atomic E-state index is 15.6. The Balaban J connectivity index is 1.57. The monoisotopic (exact) mass is 516 g/mol. The summed E-state index contributed by atoms with van der Waals surface area (Å²) in [6.07, 6.45) is 1.71. The molecule has 0 spiro atoms. The molecule has 5 nitrogen and oxygen atoms in total. The molecule has 0 bridgehead atoms. The fraction of sp³-hybridized carbons (Fsp3) is 0.464. The molecule has 198 valence electrons. The number of fused-ring (bicyclic) bond motifs is 3. The Kier molecular flexibility index (Phi) is 6.79. The second kappa shape index (κ2) is 9.76. The van der Waals surface area contributed by atoms with Gasteiger partial charge in [0, 0.05) is 34.8 Å². The van der Waals surface area contributed by atoms with E-state index in [0.717, 1.165) is 55.5 Å². The summed E-state index contributed by atoms with van der Waals surface area (Å²) in [6, 6.07) is 7.00. The maximum atomic E-state index is 15.6. The van der Waals surface area contributed by atoms with E-state index in [1.165, 1.54) is 18.2 Å². The highest BCUT2D eigenvalue weighted by molar-refractivity contribution is 6.11. The molecule has 1 amide bonds. The number of rotatable bonds is 5. The molecule has 4 N–H and O–H groups in total. The maximum Gasteiger partial charge on any atom is 0.417 e. The van der Waals surface area contributed by atoms with Crippen LogP contribution >= 0.6 is 0 Å². The summed E-state index contributed by atoms with van der Waals surface area (Å²) in [5.74, 6) is -1.72. The summed E-state index contributed by atoms with van der Waals surface area (Å²) in [6.45, 7) is 0. The molecule has 2 aliphatic rings. The molecule has 1 fully saturated rings. The molecule has 1 unspecified atom stereocenters. The van der Waals surface area contributed by atoms with Crippen LogP contribution in [0.2, 0.25) is 0 Å². The Hall–Kier alpha value is -2.91. The number of carbonyl (C=O) groups is 1. The number of aromatic nitrogens is 1. The molecular weight excluding hydrogens is 484 g/mol. The van der Waals surface area contributed by atoms with E-state index >= 15 is 4.39 Å². The third kappa shape index (κ3) is 4.86. The molecule has 0 saturated heterocycles. The molecule has 37 heavy (non-hydrogen) atoms. The topological polar surface area (TPSA) is 74.2 Å². The third-order valence-corrected chi connectivity index (χ3v) is 8.08. The van der Waals surface area contributed by atoms with Crippen molar-refractivity contribution in [3.05, 3.63) is 58.5 Å². The van der Waals surface area contributed by atoms with Crippen molar-refractivity contribution in [3.8, 4) is 11.1 Å². The molecule has 0 aliphatic heterocycles. The van der Waals surface area contributed by atoms with Crippen molar-refractivity contribution in [1.82, 2.24) is 15.2 Å².